The van der Waals surface area contributed by atoms with Gasteiger partial charge in [-0.25, -0.2) is 8.42 Å². The Hall–Kier alpha value is -1.60. The third-order valence-electron chi connectivity index (χ3n) is 2.88. The Morgan fingerprint density at radius 2 is 2.00 bits per heavy atom. The normalized spacial score (nSPS) is 13.3. The largest absolute Gasteiger partial charge is 0.496 e. The molecule has 0 saturated carbocycles. The molecule has 0 bridgehead atoms. The summed E-state index contributed by atoms with van der Waals surface area (Å²) in [5, 5.41) is 8.62. The lowest BCUT2D eigenvalue weighted by atomic mass is 10.1. The van der Waals surface area contributed by atoms with Crippen LogP contribution in [0, 0.1) is 0 Å². The summed E-state index contributed by atoms with van der Waals surface area (Å²) in [6.07, 6.45) is 0. The monoisotopic (exact) mass is 287 g/mol. The minimum absolute atomic E-state index is 0.513. The Balaban J connectivity index is 3.06. The predicted octanol–water partition coefficient (Wildman–Crippen LogP) is 1.10. The van der Waals surface area contributed by atoms with E-state index >= 15 is 0 Å². The van der Waals surface area contributed by atoms with Crippen LogP contribution in [0.5, 0.6) is 5.75 Å². The van der Waals surface area contributed by atoms with Gasteiger partial charge in [0.25, 0.3) is 0 Å². The number of carbonyl (C=O) groups is 1. The van der Waals surface area contributed by atoms with E-state index in [1.165, 1.54) is 14.2 Å². The van der Waals surface area contributed by atoms with Crippen molar-refractivity contribution >= 4 is 16.0 Å². The molecule has 1 unspecified atom stereocenters. The van der Waals surface area contributed by atoms with Crippen molar-refractivity contribution in [3.05, 3.63) is 29.8 Å². The average Bonchev–Trinajstić information content (AvgIpc) is 2.35. The van der Waals surface area contributed by atoms with Gasteiger partial charge in [0.2, 0.25) is 10.0 Å². The van der Waals surface area contributed by atoms with Crippen molar-refractivity contribution < 1.29 is 23.1 Å². The maximum absolute atomic E-state index is 11.9. The van der Waals surface area contributed by atoms with E-state index in [4.69, 9.17) is 9.84 Å². The molecule has 0 spiro atoms. The summed E-state index contributed by atoms with van der Waals surface area (Å²) in [5.41, 5.74) is 0.682. The number of ether oxygens (including phenoxy) is 1. The van der Waals surface area contributed by atoms with E-state index in [0.717, 1.165) is 4.31 Å². The molecule has 0 aromatic heterocycles. The van der Waals surface area contributed by atoms with Crippen molar-refractivity contribution in [2.45, 2.75) is 13.0 Å². The number of hydrogen-bond acceptors (Lipinski definition) is 4. The van der Waals surface area contributed by atoms with Crippen LogP contribution in [0.2, 0.25) is 0 Å². The SMILES string of the molecule is COc1ccccc1C(C)N(C)S(=O)(=O)CC(=O)O. The smallest absolute Gasteiger partial charge is 0.320 e. The first-order valence-corrected chi connectivity index (χ1v) is 7.21. The van der Waals surface area contributed by atoms with Crippen LogP contribution in [-0.2, 0) is 14.8 Å². The Kier molecular flexibility index (Phi) is 4.90. The van der Waals surface area contributed by atoms with E-state index in [9.17, 15) is 13.2 Å². The fraction of sp³-hybridized carbons (Fsp3) is 0.417. The van der Waals surface area contributed by atoms with E-state index in [1.54, 1.807) is 31.2 Å². The molecule has 0 amide bonds. The average molecular weight is 287 g/mol. The van der Waals surface area contributed by atoms with Crippen LogP contribution in [-0.4, -0.2) is 43.7 Å². The van der Waals surface area contributed by atoms with Crippen molar-refractivity contribution in [1.29, 1.82) is 0 Å². The van der Waals surface area contributed by atoms with E-state index in [-0.39, 0.29) is 0 Å². The van der Waals surface area contributed by atoms with Crippen LogP contribution in [0.25, 0.3) is 0 Å². The molecule has 0 aliphatic heterocycles. The van der Waals surface area contributed by atoms with Gasteiger partial charge in [0, 0.05) is 12.6 Å². The molecule has 1 aromatic carbocycles. The molecule has 6 nitrogen and oxygen atoms in total. The second kappa shape index (κ2) is 6.03. The molecule has 0 fully saturated rings. The first kappa shape index (κ1) is 15.5. The van der Waals surface area contributed by atoms with Crippen LogP contribution < -0.4 is 4.74 Å². The van der Waals surface area contributed by atoms with Crippen LogP contribution >= 0.6 is 0 Å². The molecular weight excluding hydrogens is 270 g/mol. The van der Waals surface area contributed by atoms with Gasteiger partial charge in [-0.05, 0) is 13.0 Å². The zero-order valence-electron chi connectivity index (χ0n) is 11.0. The maximum atomic E-state index is 11.9. The van der Waals surface area contributed by atoms with Crippen molar-refractivity contribution in [1.82, 2.24) is 4.31 Å². The highest BCUT2D eigenvalue weighted by Crippen LogP contribution is 2.29. The van der Waals surface area contributed by atoms with E-state index < -0.39 is 27.8 Å². The van der Waals surface area contributed by atoms with Crippen molar-refractivity contribution in [3.63, 3.8) is 0 Å². The summed E-state index contributed by atoms with van der Waals surface area (Å²) in [7, 11) is -1.000. The molecule has 0 radical (unpaired) electrons. The minimum atomic E-state index is -3.85. The third kappa shape index (κ3) is 3.68. The lowest BCUT2D eigenvalue weighted by molar-refractivity contribution is -0.134. The Labute approximate surface area is 112 Å². The number of rotatable bonds is 6. The van der Waals surface area contributed by atoms with Crippen LogP contribution in [0.15, 0.2) is 24.3 Å². The maximum Gasteiger partial charge on any atom is 0.320 e. The highest BCUT2D eigenvalue weighted by molar-refractivity contribution is 7.89. The zero-order chi connectivity index (χ0) is 14.6. The second-order valence-electron chi connectivity index (χ2n) is 4.08. The number of para-hydroxylation sites is 1. The molecule has 1 rings (SSSR count). The summed E-state index contributed by atoms with van der Waals surface area (Å²) in [5.74, 6) is -1.74. The van der Waals surface area contributed by atoms with Gasteiger partial charge in [-0.2, -0.15) is 4.31 Å². The molecule has 0 aliphatic carbocycles. The van der Waals surface area contributed by atoms with Gasteiger partial charge < -0.3 is 9.84 Å². The third-order valence-corrected chi connectivity index (χ3v) is 4.68. The number of nitrogens with zero attached hydrogens (tertiary/aromatic N) is 1. The molecule has 1 aromatic rings. The van der Waals surface area contributed by atoms with Gasteiger partial charge in [-0.15, -0.1) is 0 Å². The number of benzene rings is 1. The molecule has 19 heavy (non-hydrogen) atoms. The molecule has 0 heterocycles. The van der Waals surface area contributed by atoms with Gasteiger partial charge in [0.05, 0.1) is 13.2 Å². The minimum Gasteiger partial charge on any atom is -0.496 e. The topological polar surface area (TPSA) is 83.9 Å². The first-order valence-electron chi connectivity index (χ1n) is 5.60. The number of aliphatic carboxylic acids is 1. The number of carboxylic acids is 1. The molecule has 1 N–H and O–H groups in total. The Morgan fingerprint density at radius 1 is 1.42 bits per heavy atom. The van der Waals surface area contributed by atoms with Crippen LogP contribution in [0.1, 0.15) is 18.5 Å². The Bertz CT molecular complexity index is 555. The summed E-state index contributed by atoms with van der Waals surface area (Å²) < 4.78 is 29.9. The quantitative estimate of drug-likeness (QED) is 0.847. The van der Waals surface area contributed by atoms with Crippen LogP contribution in [0.4, 0.5) is 0 Å². The van der Waals surface area contributed by atoms with Crippen LogP contribution in [0.3, 0.4) is 0 Å². The van der Waals surface area contributed by atoms with Crippen molar-refractivity contribution in [2.75, 3.05) is 19.9 Å². The predicted molar refractivity (Wildman–Crippen MR) is 70.6 cm³/mol. The van der Waals surface area contributed by atoms with Crippen molar-refractivity contribution in [2.24, 2.45) is 0 Å². The molecule has 0 saturated heterocycles. The van der Waals surface area contributed by atoms with E-state index in [2.05, 4.69) is 0 Å². The molecule has 106 valence electrons. The molecular formula is C12H17NO5S. The molecule has 0 aliphatic rings. The summed E-state index contributed by atoms with van der Waals surface area (Å²) in [4.78, 5) is 10.6. The van der Waals surface area contributed by atoms with Crippen molar-refractivity contribution in [3.8, 4) is 5.75 Å². The number of methoxy groups -OCH3 is 1. The summed E-state index contributed by atoms with van der Waals surface area (Å²) >= 11 is 0. The fourth-order valence-corrected chi connectivity index (χ4v) is 2.82. The summed E-state index contributed by atoms with van der Waals surface area (Å²) in [6, 6.07) is 6.51. The molecule has 1 atom stereocenters. The highest BCUT2D eigenvalue weighted by Gasteiger charge is 2.28. The van der Waals surface area contributed by atoms with Gasteiger partial charge in [0.1, 0.15) is 5.75 Å². The van der Waals surface area contributed by atoms with Gasteiger partial charge >= 0.3 is 5.97 Å². The van der Waals surface area contributed by atoms with E-state index in [1.807, 2.05) is 0 Å². The lowest BCUT2D eigenvalue weighted by Crippen LogP contribution is -2.34. The Morgan fingerprint density at radius 3 is 2.53 bits per heavy atom. The standard InChI is InChI=1S/C12H17NO5S/c1-9(10-6-4-5-7-11(10)18-3)13(2)19(16,17)8-12(14)15/h4-7,9H,8H2,1-3H3,(H,14,15). The zero-order valence-corrected chi connectivity index (χ0v) is 11.8. The fourth-order valence-electron chi connectivity index (χ4n) is 1.71. The second-order valence-corrected chi connectivity index (χ2v) is 6.11. The summed E-state index contributed by atoms with van der Waals surface area (Å²) in [6.45, 7) is 1.68. The van der Waals surface area contributed by atoms with E-state index in [0.29, 0.717) is 11.3 Å². The highest BCUT2D eigenvalue weighted by atomic mass is 32.2. The van der Waals surface area contributed by atoms with Gasteiger partial charge in [0.15, 0.2) is 5.75 Å². The van der Waals surface area contributed by atoms with Gasteiger partial charge in [-0.1, -0.05) is 18.2 Å². The lowest BCUT2D eigenvalue weighted by Gasteiger charge is -2.25. The number of carboxylic acid groups (broad SMARTS) is 1. The van der Waals surface area contributed by atoms with Gasteiger partial charge in [-0.3, -0.25) is 4.79 Å². The number of hydrogen-bond donors (Lipinski definition) is 1. The number of sulfonamides is 1. The first-order chi connectivity index (χ1) is 8.79. The molecule has 7 heteroatoms.